The zero-order valence-electron chi connectivity index (χ0n) is 15.9. The van der Waals surface area contributed by atoms with E-state index in [1.165, 1.54) is 17.2 Å². The van der Waals surface area contributed by atoms with Gasteiger partial charge in [-0.25, -0.2) is 15.0 Å². The minimum Gasteiger partial charge on any atom is -0.394 e. The molecular formula is C19H23N5O6. The van der Waals surface area contributed by atoms with Gasteiger partial charge in [-0.2, -0.15) is 0 Å². The molecule has 11 heteroatoms. The molecule has 0 radical (unpaired) electrons. The number of hydrogen-bond acceptors (Lipinski definition) is 10. The van der Waals surface area contributed by atoms with Gasteiger partial charge in [0.25, 0.3) is 0 Å². The number of anilines is 1. The summed E-state index contributed by atoms with van der Waals surface area (Å²) < 4.78 is 6.98. The van der Waals surface area contributed by atoms with E-state index in [1.54, 1.807) is 24.3 Å². The highest BCUT2D eigenvalue weighted by atomic mass is 16.6. The van der Waals surface area contributed by atoms with Crippen molar-refractivity contribution in [2.75, 3.05) is 18.5 Å². The smallest absolute Gasteiger partial charge is 0.167 e. The van der Waals surface area contributed by atoms with E-state index in [2.05, 4.69) is 20.3 Å². The Labute approximate surface area is 171 Å². The molecule has 11 nitrogen and oxygen atoms in total. The van der Waals surface area contributed by atoms with Crippen LogP contribution in [0.3, 0.4) is 0 Å². The summed E-state index contributed by atoms with van der Waals surface area (Å²) >= 11 is 0. The lowest BCUT2D eigenvalue weighted by molar-refractivity contribution is -0.0511. The molecule has 0 saturated carbocycles. The van der Waals surface area contributed by atoms with Gasteiger partial charge < -0.3 is 35.6 Å². The fraction of sp³-hybridized carbons (Fsp3) is 0.421. The second-order valence-electron chi connectivity index (χ2n) is 7.06. The van der Waals surface area contributed by atoms with Gasteiger partial charge in [0.1, 0.15) is 30.7 Å². The Morgan fingerprint density at radius 1 is 1.07 bits per heavy atom. The summed E-state index contributed by atoms with van der Waals surface area (Å²) in [6.07, 6.45) is -2.80. The number of benzene rings is 1. The van der Waals surface area contributed by atoms with Crippen molar-refractivity contribution < 1.29 is 30.3 Å². The van der Waals surface area contributed by atoms with Crippen molar-refractivity contribution in [1.82, 2.24) is 19.5 Å². The van der Waals surface area contributed by atoms with Gasteiger partial charge >= 0.3 is 0 Å². The topological polar surface area (TPSA) is 166 Å². The largest absolute Gasteiger partial charge is 0.394 e. The van der Waals surface area contributed by atoms with Crippen LogP contribution in [0.2, 0.25) is 0 Å². The van der Waals surface area contributed by atoms with Crippen LogP contribution in [0.1, 0.15) is 17.9 Å². The highest BCUT2D eigenvalue weighted by Gasteiger charge is 2.44. The van der Waals surface area contributed by atoms with Crippen molar-refractivity contribution in [2.45, 2.75) is 36.7 Å². The molecule has 0 unspecified atom stereocenters. The van der Waals surface area contributed by atoms with E-state index >= 15 is 0 Å². The number of fused-ring (bicyclic) bond motifs is 1. The lowest BCUT2D eigenvalue weighted by Crippen LogP contribution is -2.33. The molecule has 2 aromatic heterocycles. The molecule has 1 saturated heterocycles. The van der Waals surface area contributed by atoms with Crippen LogP contribution >= 0.6 is 0 Å². The minimum atomic E-state index is -1.28. The first kappa shape index (κ1) is 20.6. The number of aromatic nitrogens is 4. The van der Waals surface area contributed by atoms with Crippen LogP contribution in [-0.4, -0.2) is 82.6 Å². The monoisotopic (exact) mass is 417 g/mol. The molecule has 0 amide bonds. The SMILES string of the molecule is OC[C@@H](Nc1ncnc2c1ncn2[C@@H]1O[C@H](CO)[C@@H](O)[C@H]1O)[C@H](O)c1ccccc1. The van der Waals surface area contributed by atoms with Gasteiger partial charge in [0.15, 0.2) is 23.2 Å². The summed E-state index contributed by atoms with van der Waals surface area (Å²) in [4.78, 5) is 12.6. The molecule has 6 N–H and O–H groups in total. The lowest BCUT2D eigenvalue weighted by Gasteiger charge is -2.23. The number of nitrogens with zero attached hydrogens (tertiary/aromatic N) is 4. The quantitative estimate of drug-likeness (QED) is 0.279. The molecule has 3 aromatic rings. The average Bonchev–Trinajstić information content (AvgIpc) is 3.33. The normalized spacial score (nSPS) is 26.0. The number of nitrogens with one attached hydrogen (secondary N) is 1. The molecule has 1 aliphatic rings. The molecule has 6 atom stereocenters. The van der Waals surface area contributed by atoms with Crippen LogP contribution in [0.15, 0.2) is 43.0 Å². The van der Waals surface area contributed by atoms with Crippen molar-refractivity contribution in [3.05, 3.63) is 48.5 Å². The fourth-order valence-corrected chi connectivity index (χ4v) is 3.54. The van der Waals surface area contributed by atoms with Crippen molar-refractivity contribution in [3.8, 4) is 0 Å². The van der Waals surface area contributed by atoms with Crippen LogP contribution in [0.4, 0.5) is 5.82 Å². The number of rotatable bonds is 7. The summed E-state index contributed by atoms with van der Waals surface area (Å²) in [6, 6.07) is 8.15. The minimum absolute atomic E-state index is 0.277. The highest BCUT2D eigenvalue weighted by molar-refractivity contribution is 5.82. The van der Waals surface area contributed by atoms with Gasteiger partial charge in [-0.05, 0) is 5.56 Å². The number of aliphatic hydroxyl groups excluding tert-OH is 5. The lowest BCUT2D eigenvalue weighted by atomic mass is 10.0. The summed E-state index contributed by atoms with van der Waals surface area (Å²) in [5.41, 5.74) is 1.27. The number of ether oxygens (including phenoxy) is 1. The summed E-state index contributed by atoms with van der Waals surface area (Å²) in [5.74, 6) is 0.277. The Bertz CT molecular complexity index is 986. The average molecular weight is 417 g/mol. The van der Waals surface area contributed by atoms with Crippen molar-refractivity contribution in [3.63, 3.8) is 0 Å². The standard InChI is InChI=1S/C19H23N5O6/c25-6-11(14(27)10-4-2-1-3-5-10)23-17-13-18(21-8-20-17)24(9-22-13)19-16(29)15(28)12(7-26)30-19/h1-5,8-9,11-12,14-16,19,25-29H,6-7H2,(H,20,21,23)/t11-,12-,14-,15-,16-,19-/m1/s1. The fourth-order valence-electron chi connectivity index (χ4n) is 3.54. The van der Waals surface area contributed by atoms with Crippen LogP contribution in [0.5, 0.6) is 0 Å². The Balaban J connectivity index is 1.62. The first-order chi connectivity index (χ1) is 14.5. The number of aliphatic hydroxyl groups is 5. The first-order valence-electron chi connectivity index (χ1n) is 9.45. The van der Waals surface area contributed by atoms with E-state index in [-0.39, 0.29) is 12.4 Å². The van der Waals surface area contributed by atoms with Crippen molar-refractivity contribution >= 4 is 17.0 Å². The van der Waals surface area contributed by atoms with E-state index in [0.717, 1.165) is 0 Å². The van der Waals surface area contributed by atoms with Crippen LogP contribution in [0, 0.1) is 0 Å². The van der Waals surface area contributed by atoms with E-state index in [4.69, 9.17) is 4.74 Å². The molecule has 160 valence electrons. The van der Waals surface area contributed by atoms with Crippen molar-refractivity contribution in [2.24, 2.45) is 0 Å². The van der Waals surface area contributed by atoms with E-state index in [0.29, 0.717) is 16.7 Å². The maximum atomic E-state index is 10.6. The molecule has 0 bridgehead atoms. The third-order valence-electron chi connectivity index (χ3n) is 5.19. The van der Waals surface area contributed by atoms with Crippen LogP contribution < -0.4 is 5.32 Å². The predicted octanol–water partition coefficient (Wildman–Crippen LogP) is -1.06. The Morgan fingerprint density at radius 3 is 2.50 bits per heavy atom. The van der Waals surface area contributed by atoms with Gasteiger partial charge in [0, 0.05) is 0 Å². The van der Waals surface area contributed by atoms with Gasteiger partial charge in [0.05, 0.1) is 25.6 Å². The molecule has 30 heavy (non-hydrogen) atoms. The predicted molar refractivity (Wildman–Crippen MR) is 104 cm³/mol. The molecule has 4 rings (SSSR count). The maximum Gasteiger partial charge on any atom is 0.167 e. The molecule has 0 spiro atoms. The summed E-state index contributed by atoms with van der Waals surface area (Å²) in [5, 5.41) is 53.0. The van der Waals surface area contributed by atoms with E-state index < -0.39 is 43.3 Å². The number of hydrogen-bond donors (Lipinski definition) is 6. The Morgan fingerprint density at radius 2 is 1.83 bits per heavy atom. The van der Waals surface area contributed by atoms with E-state index in [1.807, 2.05) is 6.07 Å². The van der Waals surface area contributed by atoms with Gasteiger partial charge in [-0.1, -0.05) is 30.3 Å². The second kappa shape index (κ2) is 8.60. The van der Waals surface area contributed by atoms with Crippen LogP contribution in [-0.2, 0) is 4.74 Å². The second-order valence-corrected chi connectivity index (χ2v) is 7.06. The number of imidazole rings is 1. The highest BCUT2D eigenvalue weighted by Crippen LogP contribution is 2.32. The molecule has 1 aromatic carbocycles. The third-order valence-corrected chi connectivity index (χ3v) is 5.19. The molecule has 1 fully saturated rings. The van der Waals surface area contributed by atoms with Crippen molar-refractivity contribution in [1.29, 1.82) is 0 Å². The van der Waals surface area contributed by atoms with Gasteiger partial charge in [-0.3, -0.25) is 4.57 Å². The molecule has 0 aliphatic carbocycles. The van der Waals surface area contributed by atoms with Gasteiger partial charge in [0.2, 0.25) is 0 Å². The Kier molecular flexibility index (Phi) is 5.90. The van der Waals surface area contributed by atoms with Gasteiger partial charge in [-0.15, -0.1) is 0 Å². The van der Waals surface area contributed by atoms with Crippen LogP contribution in [0.25, 0.3) is 11.2 Å². The summed E-state index contributed by atoms with van der Waals surface area (Å²) in [6.45, 7) is -0.810. The molecule has 1 aliphatic heterocycles. The zero-order valence-corrected chi connectivity index (χ0v) is 15.9. The first-order valence-corrected chi connectivity index (χ1v) is 9.45. The maximum absolute atomic E-state index is 10.6. The molecular weight excluding hydrogens is 394 g/mol. The zero-order chi connectivity index (χ0) is 21.3. The molecule has 3 heterocycles. The third kappa shape index (κ3) is 3.62. The summed E-state index contributed by atoms with van der Waals surface area (Å²) in [7, 11) is 0. The Hall–Kier alpha value is -2.67. The van der Waals surface area contributed by atoms with E-state index in [9.17, 15) is 25.5 Å².